The Bertz CT molecular complexity index is 608. The zero-order chi connectivity index (χ0) is 15.2. The van der Waals surface area contributed by atoms with Crippen LogP contribution >= 0.6 is 0 Å². The molecule has 110 valence electrons. The first-order valence-electron chi connectivity index (χ1n) is 6.93. The lowest BCUT2D eigenvalue weighted by atomic mass is 10.2. The molecule has 0 spiro atoms. The number of hydrogen-bond donors (Lipinski definition) is 2. The first kappa shape index (κ1) is 15.1. The molecule has 2 aromatic rings. The summed E-state index contributed by atoms with van der Waals surface area (Å²) in [4.78, 5) is 14.0. The summed E-state index contributed by atoms with van der Waals surface area (Å²) in [5, 5.41) is 2.94. The van der Waals surface area contributed by atoms with Crippen molar-refractivity contribution in [2.75, 3.05) is 24.6 Å². The maximum Gasteiger partial charge on any atom is 0.238 e. The average Bonchev–Trinajstić information content (AvgIpc) is 2.44. The van der Waals surface area contributed by atoms with Gasteiger partial charge in [0.15, 0.2) is 0 Å². The zero-order valence-electron chi connectivity index (χ0n) is 12.5. The van der Waals surface area contributed by atoms with Gasteiger partial charge in [-0.2, -0.15) is 0 Å². The highest BCUT2D eigenvalue weighted by atomic mass is 16.2. The molecule has 21 heavy (non-hydrogen) atoms. The van der Waals surface area contributed by atoms with Crippen LogP contribution in [0.5, 0.6) is 0 Å². The maximum absolute atomic E-state index is 12.0. The van der Waals surface area contributed by atoms with Crippen LogP contribution in [0, 0.1) is 6.92 Å². The van der Waals surface area contributed by atoms with Gasteiger partial charge in [0.1, 0.15) is 0 Å². The van der Waals surface area contributed by atoms with E-state index in [4.69, 9.17) is 5.73 Å². The quantitative estimate of drug-likeness (QED) is 0.829. The zero-order valence-corrected chi connectivity index (χ0v) is 12.5. The molecule has 4 heteroatoms. The SMILES string of the molecule is Cc1ccccc1NC(=O)CN(C)Cc1ccc(N)cc1. The normalized spacial score (nSPS) is 10.6. The molecule has 3 N–H and O–H groups in total. The Labute approximate surface area is 125 Å². The van der Waals surface area contributed by atoms with Gasteiger partial charge in [0, 0.05) is 17.9 Å². The number of nitrogens with one attached hydrogen (secondary N) is 1. The van der Waals surface area contributed by atoms with Crippen LogP contribution in [0.3, 0.4) is 0 Å². The Morgan fingerprint density at radius 2 is 1.81 bits per heavy atom. The number of anilines is 2. The van der Waals surface area contributed by atoms with Gasteiger partial charge in [-0.15, -0.1) is 0 Å². The molecule has 0 bridgehead atoms. The molecule has 0 unspecified atom stereocenters. The fraction of sp³-hybridized carbons (Fsp3) is 0.235. The van der Waals surface area contributed by atoms with E-state index in [0.29, 0.717) is 13.1 Å². The molecule has 1 amide bonds. The number of nitrogen functional groups attached to an aromatic ring is 1. The van der Waals surface area contributed by atoms with Crippen molar-refractivity contribution in [2.24, 2.45) is 0 Å². The number of rotatable bonds is 5. The molecule has 0 aromatic heterocycles. The lowest BCUT2D eigenvalue weighted by molar-refractivity contribution is -0.117. The Hall–Kier alpha value is -2.33. The van der Waals surface area contributed by atoms with Crippen molar-refractivity contribution in [1.29, 1.82) is 0 Å². The molecule has 4 nitrogen and oxygen atoms in total. The first-order chi connectivity index (χ1) is 10.0. The number of likely N-dealkylation sites (N-methyl/N-ethyl adjacent to an activating group) is 1. The number of nitrogens with zero attached hydrogens (tertiary/aromatic N) is 1. The fourth-order valence-corrected chi connectivity index (χ4v) is 2.14. The molecule has 0 aliphatic rings. The van der Waals surface area contributed by atoms with Crippen molar-refractivity contribution in [2.45, 2.75) is 13.5 Å². The van der Waals surface area contributed by atoms with Crippen LogP contribution in [0.25, 0.3) is 0 Å². The molecule has 2 aromatic carbocycles. The highest BCUT2D eigenvalue weighted by Gasteiger charge is 2.08. The van der Waals surface area contributed by atoms with Gasteiger partial charge in [0.2, 0.25) is 5.91 Å². The van der Waals surface area contributed by atoms with Gasteiger partial charge in [-0.05, 0) is 43.3 Å². The van der Waals surface area contributed by atoms with Crippen LogP contribution in [-0.2, 0) is 11.3 Å². The van der Waals surface area contributed by atoms with E-state index in [2.05, 4.69) is 5.32 Å². The highest BCUT2D eigenvalue weighted by molar-refractivity contribution is 5.92. The van der Waals surface area contributed by atoms with Crippen molar-refractivity contribution < 1.29 is 4.79 Å². The average molecular weight is 283 g/mol. The second kappa shape index (κ2) is 6.90. The molecule has 0 atom stereocenters. The highest BCUT2D eigenvalue weighted by Crippen LogP contribution is 2.13. The van der Waals surface area contributed by atoms with Crippen molar-refractivity contribution >= 4 is 17.3 Å². The van der Waals surface area contributed by atoms with Gasteiger partial charge >= 0.3 is 0 Å². The number of hydrogen-bond acceptors (Lipinski definition) is 3. The largest absolute Gasteiger partial charge is 0.399 e. The number of benzene rings is 2. The molecular weight excluding hydrogens is 262 g/mol. The number of aryl methyl sites for hydroxylation is 1. The van der Waals surface area contributed by atoms with Crippen LogP contribution in [0.2, 0.25) is 0 Å². The summed E-state index contributed by atoms with van der Waals surface area (Å²) in [7, 11) is 1.92. The monoisotopic (exact) mass is 283 g/mol. The van der Waals surface area contributed by atoms with E-state index in [9.17, 15) is 4.79 Å². The second-order valence-electron chi connectivity index (χ2n) is 5.28. The third-order valence-corrected chi connectivity index (χ3v) is 3.26. The molecule has 0 radical (unpaired) electrons. The third kappa shape index (κ3) is 4.61. The Morgan fingerprint density at radius 1 is 1.14 bits per heavy atom. The van der Waals surface area contributed by atoms with E-state index in [1.54, 1.807) is 0 Å². The van der Waals surface area contributed by atoms with Gasteiger partial charge in [-0.25, -0.2) is 0 Å². The van der Waals surface area contributed by atoms with E-state index in [1.807, 2.05) is 67.4 Å². The van der Waals surface area contributed by atoms with Crippen molar-refractivity contribution in [3.8, 4) is 0 Å². The smallest absolute Gasteiger partial charge is 0.238 e. The van der Waals surface area contributed by atoms with Gasteiger partial charge in [-0.1, -0.05) is 30.3 Å². The summed E-state index contributed by atoms with van der Waals surface area (Å²) < 4.78 is 0. The van der Waals surface area contributed by atoms with Crippen LogP contribution in [0.1, 0.15) is 11.1 Å². The fourth-order valence-electron chi connectivity index (χ4n) is 2.14. The van der Waals surface area contributed by atoms with E-state index in [0.717, 1.165) is 22.5 Å². The summed E-state index contributed by atoms with van der Waals surface area (Å²) >= 11 is 0. The topological polar surface area (TPSA) is 58.4 Å². The van der Waals surface area contributed by atoms with Crippen molar-refractivity contribution in [3.63, 3.8) is 0 Å². The Balaban J connectivity index is 1.87. The number of para-hydroxylation sites is 1. The van der Waals surface area contributed by atoms with Crippen molar-refractivity contribution in [3.05, 3.63) is 59.7 Å². The van der Waals surface area contributed by atoms with Crippen LogP contribution in [0.4, 0.5) is 11.4 Å². The van der Waals surface area contributed by atoms with Crippen LogP contribution < -0.4 is 11.1 Å². The third-order valence-electron chi connectivity index (χ3n) is 3.26. The molecule has 2 rings (SSSR count). The van der Waals surface area contributed by atoms with E-state index in [1.165, 1.54) is 0 Å². The minimum Gasteiger partial charge on any atom is -0.399 e. The van der Waals surface area contributed by atoms with Crippen LogP contribution in [0.15, 0.2) is 48.5 Å². The summed E-state index contributed by atoms with van der Waals surface area (Å²) in [6.45, 7) is 3.04. The lowest BCUT2D eigenvalue weighted by Crippen LogP contribution is -2.30. The van der Waals surface area contributed by atoms with E-state index >= 15 is 0 Å². The molecule has 0 saturated heterocycles. The maximum atomic E-state index is 12.0. The number of amides is 1. The Morgan fingerprint density at radius 3 is 2.48 bits per heavy atom. The lowest BCUT2D eigenvalue weighted by Gasteiger charge is -2.17. The van der Waals surface area contributed by atoms with Gasteiger partial charge < -0.3 is 11.1 Å². The summed E-state index contributed by atoms with van der Waals surface area (Å²) in [6.07, 6.45) is 0. The summed E-state index contributed by atoms with van der Waals surface area (Å²) in [5.74, 6) is -0.0118. The minimum atomic E-state index is -0.0118. The Kier molecular flexibility index (Phi) is 4.95. The number of carbonyl (C=O) groups is 1. The van der Waals surface area contributed by atoms with E-state index < -0.39 is 0 Å². The minimum absolute atomic E-state index is 0.0118. The van der Waals surface area contributed by atoms with Crippen LogP contribution in [-0.4, -0.2) is 24.4 Å². The van der Waals surface area contributed by atoms with Gasteiger partial charge in [0.05, 0.1) is 6.54 Å². The summed E-state index contributed by atoms with van der Waals surface area (Å²) in [5.41, 5.74) is 9.47. The standard InChI is InChI=1S/C17H21N3O/c1-13-5-3-4-6-16(13)19-17(21)12-20(2)11-14-7-9-15(18)10-8-14/h3-10H,11-12,18H2,1-2H3,(H,19,21). The molecule has 0 fully saturated rings. The predicted molar refractivity (Wildman–Crippen MR) is 87.0 cm³/mol. The molecule has 0 saturated carbocycles. The predicted octanol–water partition coefficient (Wildman–Crippen LogP) is 2.65. The van der Waals surface area contributed by atoms with E-state index in [-0.39, 0.29) is 5.91 Å². The first-order valence-corrected chi connectivity index (χ1v) is 6.93. The molecule has 0 aliphatic carbocycles. The number of nitrogens with two attached hydrogens (primary N) is 1. The second-order valence-corrected chi connectivity index (χ2v) is 5.28. The molecule has 0 heterocycles. The van der Waals surface area contributed by atoms with Gasteiger partial charge in [-0.3, -0.25) is 9.69 Å². The van der Waals surface area contributed by atoms with Crippen molar-refractivity contribution in [1.82, 2.24) is 4.90 Å². The molecule has 0 aliphatic heterocycles. The summed E-state index contributed by atoms with van der Waals surface area (Å²) in [6, 6.07) is 15.5. The number of carbonyl (C=O) groups excluding carboxylic acids is 1. The van der Waals surface area contributed by atoms with Gasteiger partial charge in [0.25, 0.3) is 0 Å². The molecular formula is C17H21N3O.